The van der Waals surface area contributed by atoms with Crippen LogP contribution in [0.2, 0.25) is 0 Å². The molecule has 1 heterocycles. The molecule has 178 valence electrons. The second kappa shape index (κ2) is 10.5. The van der Waals surface area contributed by atoms with Crippen LogP contribution >= 0.6 is 27.3 Å². The molecule has 5 rings (SSSR count). The number of aromatic nitrogens is 1. The molecule has 4 nitrogen and oxygen atoms in total. The molecule has 0 aliphatic rings. The van der Waals surface area contributed by atoms with Gasteiger partial charge in [0.1, 0.15) is 5.75 Å². The van der Waals surface area contributed by atoms with Crippen LogP contribution < -0.4 is 9.54 Å². The smallest absolute Gasteiger partial charge is 0.279 e. The number of halogens is 1. The Kier molecular flexibility index (Phi) is 6.98. The van der Waals surface area contributed by atoms with Crippen LogP contribution in [0.25, 0.3) is 32.8 Å². The van der Waals surface area contributed by atoms with Crippen molar-refractivity contribution in [3.63, 3.8) is 0 Å². The molecule has 0 aliphatic heterocycles. The van der Waals surface area contributed by atoms with Gasteiger partial charge in [-0.2, -0.15) is 4.99 Å². The Bertz CT molecular complexity index is 1590. The average molecular weight is 555 g/mol. The molecule has 0 spiro atoms. The summed E-state index contributed by atoms with van der Waals surface area (Å²) >= 11 is 4.96. The third-order valence-corrected chi connectivity index (χ3v) is 7.73. The summed E-state index contributed by atoms with van der Waals surface area (Å²) in [4.78, 5) is 19.3. The number of amides is 1. The summed E-state index contributed by atoms with van der Waals surface area (Å²) in [6, 6.07) is 34.3. The Morgan fingerprint density at radius 2 is 1.39 bits per heavy atom. The van der Waals surface area contributed by atoms with E-state index in [4.69, 9.17) is 4.74 Å². The van der Waals surface area contributed by atoms with Crippen LogP contribution in [-0.2, 0) is 7.05 Å². The van der Waals surface area contributed by atoms with E-state index in [2.05, 4.69) is 69.5 Å². The van der Waals surface area contributed by atoms with E-state index in [9.17, 15) is 4.79 Å². The molecule has 0 bridgehead atoms. The Balaban J connectivity index is 1.61. The van der Waals surface area contributed by atoms with Crippen LogP contribution in [0.1, 0.15) is 10.4 Å². The maximum atomic E-state index is 13.1. The van der Waals surface area contributed by atoms with Crippen molar-refractivity contribution in [2.45, 2.75) is 0 Å². The maximum absolute atomic E-state index is 13.1. The summed E-state index contributed by atoms with van der Waals surface area (Å²) in [6.07, 6.45) is 0. The normalized spacial score (nSPS) is 11.5. The van der Waals surface area contributed by atoms with Gasteiger partial charge in [-0.1, -0.05) is 96.3 Å². The van der Waals surface area contributed by atoms with Crippen molar-refractivity contribution in [1.82, 2.24) is 4.57 Å². The van der Waals surface area contributed by atoms with Gasteiger partial charge >= 0.3 is 0 Å². The molecule has 0 aliphatic carbocycles. The minimum atomic E-state index is -0.305. The molecule has 0 atom stereocenters. The lowest BCUT2D eigenvalue weighted by Crippen LogP contribution is -2.14. The number of benzene rings is 4. The number of carbonyl (C=O) groups is 1. The molecule has 0 N–H and O–H groups in total. The van der Waals surface area contributed by atoms with E-state index < -0.39 is 0 Å². The summed E-state index contributed by atoms with van der Waals surface area (Å²) in [7, 11) is 3.55. The highest BCUT2D eigenvalue weighted by Crippen LogP contribution is 2.35. The molecular formula is C30H23BrN2O2S. The molecule has 0 radical (unpaired) electrons. The molecule has 0 saturated carbocycles. The number of nitrogens with zero attached hydrogens (tertiary/aromatic N) is 2. The van der Waals surface area contributed by atoms with E-state index in [1.54, 1.807) is 25.3 Å². The van der Waals surface area contributed by atoms with Gasteiger partial charge in [0, 0.05) is 12.6 Å². The first kappa shape index (κ1) is 24.0. The fraction of sp³-hybridized carbons (Fsp3) is 0.0667. The Labute approximate surface area is 222 Å². The van der Waals surface area contributed by atoms with Gasteiger partial charge in [0.15, 0.2) is 4.80 Å². The predicted molar refractivity (Wildman–Crippen MR) is 150 cm³/mol. The number of methoxy groups -OCH3 is 1. The van der Waals surface area contributed by atoms with Gasteiger partial charge in [-0.15, -0.1) is 0 Å². The summed E-state index contributed by atoms with van der Waals surface area (Å²) in [6.45, 7) is 0. The van der Waals surface area contributed by atoms with E-state index in [0.717, 1.165) is 27.3 Å². The summed E-state index contributed by atoms with van der Waals surface area (Å²) < 4.78 is 7.99. The van der Waals surface area contributed by atoms with E-state index in [1.165, 1.54) is 16.9 Å². The maximum Gasteiger partial charge on any atom is 0.279 e. The third kappa shape index (κ3) is 4.83. The van der Waals surface area contributed by atoms with Crippen molar-refractivity contribution in [1.29, 1.82) is 0 Å². The molecule has 1 aromatic heterocycles. The SMILES string of the molecule is COc1ccc(C(=O)N=c2sc(-c3ccccc3)c(-c3ccc(-c4ccccc4)cc3)n2C)cc1Br. The van der Waals surface area contributed by atoms with Gasteiger partial charge in [-0.25, -0.2) is 0 Å². The quantitative estimate of drug-likeness (QED) is 0.224. The lowest BCUT2D eigenvalue weighted by atomic mass is 10.0. The Hall–Kier alpha value is -3.74. The first-order valence-electron chi connectivity index (χ1n) is 11.4. The summed E-state index contributed by atoms with van der Waals surface area (Å²) in [5.41, 5.74) is 5.99. The van der Waals surface area contributed by atoms with Gasteiger partial charge in [-0.05, 0) is 56.4 Å². The Morgan fingerprint density at radius 3 is 2.00 bits per heavy atom. The number of thiazole rings is 1. The minimum Gasteiger partial charge on any atom is -0.496 e. The molecule has 36 heavy (non-hydrogen) atoms. The summed E-state index contributed by atoms with van der Waals surface area (Å²) in [5, 5.41) is 0. The highest BCUT2D eigenvalue weighted by Gasteiger charge is 2.17. The van der Waals surface area contributed by atoms with Crippen LogP contribution in [0.5, 0.6) is 5.75 Å². The number of hydrogen-bond donors (Lipinski definition) is 0. The van der Waals surface area contributed by atoms with Crippen molar-refractivity contribution in [3.05, 3.63) is 118 Å². The third-order valence-electron chi connectivity index (χ3n) is 5.93. The molecule has 0 saturated heterocycles. The molecular weight excluding hydrogens is 532 g/mol. The first-order valence-corrected chi connectivity index (χ1v) is 13.0. The largest absolute Gasteiger partial charge is 0.496 e. The highest BCUT2D eigenvalue weighted by molar-refractivity contribution is 9.10. The minimum absolute atomic E-state index is 0.305. The highest BCUT2D eigenvalue weighted by atomic mass is 79.9. The number of ether oxygens (including phenoxy) is 1. The second-order valence-electron chi connectivity index (χ2n) is 8.20. The first-order chi connectivity index (χ1) is 17.5. The van der Waals surface area contributed by atoms with Crippen LogP contribution in [0, 0.1) is 0 Å². The lowest BCUT2D eigenvalue weighted by molar-refractivity contribution is 0.0998. The van der Waals surface area contributed by atoms with Gasteiger partial charge in [0.05, 0.1) is 22.2 Å². The predicted octanol–water partition coefficient (Wildman–Crippen LogP) is 7.60. The van der Waals surface area contributed by atoms with E-state index in [0.29, 0.717) is 20.6 Å². The van der Waals surface area contributed by atoms with Gasteiger partial charge in [0.2, 0.25) is 0 Å². The number of hydrogen-bond acceptors (Lipinski definition) is 3. The van der Waals surface area contributed by atoms with Crippen LogP contribution in [0.15, 0.2) is 113 Å². The van der Waals surface area contributed by atoms with Crippen molar-refractivity contribution >= 4 is 33.2 Å². The standard InChI is InChI=1S/C30H23BrN2O2S/c1-33-27(22-15-13-21(14-16-22)20-9-5-3-6-10-20)28(23-11-7-4-8-12-23)36-30(33)32-29(34)24-17-18-26(35-2)25(31)19-24/h3-19H,1-2H3. The molecule has 0 fully saturated rings. The van der Waals surface area contributed by atoms with Gasteiger partial charge < -0.3 is 9.30 Å². The van der Waals surface area contributed by atoms with Gasteiger partial charge in [-0.3, -0.25) is 4.79 Å². The van der Waals surface area contributed by atoms with Gasteiger partial charge in [0.25, 0.3) is 5.91 Å². The lowest BCUT2D eigenvalue weighted by Gasteiger charge is -2.09. The molecule has 6 heteroatoms. The molecule has 4 aromatic carbocycles. The molecule has 5 aromatic rings. The number of rotatable bonds is 5. The van der Waals surface area contributed by atoms with Crippen molar-refractivity contribution in [2.75, 3.05) is 7.11 Å². The van der Waals surface area contributed by atoms with Crippen molar-refractivity contribution in [2.24, 2.45) is 12.0 Å². The summed E-state index contributed by atoms with van der Waals surface area (Å²) in [5.74, 6) is 0.363. The van der Waals surface area contributed by atoms with Crippen molar-refractivity contribution < 1.29 is 9.53 Å². The molecule has 1 amide bonds. The van der Waals surface area contributed by atoms with E-state index in [1.807, 2.05) is 48.0 Å². The molecule has 0 unspecified atom stereocenters. The number of carbonyl (C=O) groups excluding carboxylic acids is 1. The second-order valence-corrected chi connectivity index (χ2v) is 10.0. The van der Waals surface area contributed by atoms with Crippen LogP contribution in [-0.4, -0.2) is 17.6 Å². The van der Waals surface area contributed by atoms with Crippen LogP contribution in [0.3, 0.4) is 0 Å². The zero-order chi connectivity index (χ0) is 25.1. The van der Waals surface area contributed by atoms with Crippen LogP contribution in [0.4, 0.5) is 0 Å². The van der Waals surface area contributed by atoms with E-state index >= 15 is 0 Å². The zero-order valence-electron chi connectivity index (χ0n) is 19.8. The monoisotopic (exact) mass is 554 g/mol. The fourth-order valence-corrected chi connectivity index (χ4v) is 5.75. The average Bonchev–Trinajstić information content (AvgIpc) is 3.25. The topological polar surface area (TPSA) is 43.6 Å². The van der Waals surface area contributed by atoms with E-state index in [-0.39, 0.29) is 5.91 Å². The zero-order valence-corrected chi connectivity index (χ0v) is 22.2. The fourth-order valence-electron chi connectivity index (χ4n) is 4.07. The Morgan fingerprint density at radius 1 is 0.806 bits per heavy atom. The van der Waals surface area contributed by atoms with Crippen molar-refractivity contribution in [3.8, 4) is 38.6 Å².